The number of carbonyl (C=O) groups is 2. The molecule has 6 aromatic rings. The molecule has 214 valence electrons. The van der Waals surface area contributed by atoms with E-state index in [1.54, 1.807) is 25.1 Å². The summed E-state index contributed by atoms with van der Waals surface area (Å²) in [6.45, 7) is 1.68. The van der Waals surface area contributed by atoms with E-state index in [2.05, 4.69) is 25.7 Å². The predicted octanol–water partition coefficient (Wildman–Crippen LogP) is 5.02. The van der Waals surface area contributed by atoms with Crippen molar-refractivity contribution in [3.63, 3.8) is 0 Å². The zero-order valence-corrected chi connectivity index (χ0v) is 23.1. The van der Waals surface area contributed by atoms with E-state index in [1.165, 1.54) is 35.4 Å². The first kappa shape index (κ1) is 27.5. The van der Waals surface area contributed by atoms with Crippen LogP contribution >= 0.6 is 0 Å². The maximum absolute atomic E-state index is 14.2. The van der Waals surface area contributed by atoms with Crippen LogP contribution in [-0.4, -0.2) is 37.0 Å². The van der Waals surface area contributed by atoms with Crippen LogP contribution in [0.2, 0.25) is 0 Å². The third-order valence-corrected chi connectivity index (χ3v) is 6.82. The second-order valence-electron chi connectivity index (χ2n) is 9.86. The van der Waals surface area contributed by atoms with Crippen molar-refractivity contribution in [1.29, 1.82) is 0 Å². The van der Waals surface area contributed by atoms with Gasteiger partial charge in [-0.15, -0.1) is 10.2 Å². The smallest absolute Gasteiger partial charge is 0.251 e. The average Bonchev–Trinajstić information content (AvgIpc) is 3.68. The number of carbonyl (C=O) groups excluding carboxylic acids is 2. The SMILES string of the molecule is Cc1ccc(-c2nnn(CC(=O)N(c3cnc4ccccc4c3)C(C(=O)NCc3ccccc3)c3ccc(F)cc3)n2)o1. The first-order valence-corrected chi connectivity index (χ1v) is 13.5. The Labute approximate surface area is 245 Å². The molecule has 3 aromatic carbocycles. The van der Waals surface area contributed by atoms with Crippen molar-refractivity contribution in [3.05, 3.63) is 126 Å². The largest absolute Gasteiger partial charge is 0.458 e. The number of nitrogens with zero attached hydrogens (tertiary/aromatic N) is 6. The minimum atomic E-state index is -1.17. The number of hydrogen-bond donors (Lipinski definition) is 1. The molecule has 0 saturated heterocycles. The lowest BCUT2D eigenvalue weighted by atomic mass is 10.0. The Balaban J connectivity index is 1.39. The van der Waals surface area contributed by atoms with Crippen LogP contribution in [0.25, 0.3) is 22.5 Å². The van der Waals surface area contributed by atoms with Crippen LogP contribution in [0.5, 0.6) is 0 Å². The molecule has 0 aliphatic rings. The molecule has 43 heavy (non-hydrogen) atoms. The fourth-order valence-electron chi connectivity index (χ4n) is 4.73. The van der Waals surface area contributed by atoms with E-state index in [9.17, 15) is 14.0 Å². The summed E-state index contributed by atoms with van der Waals surface area (Å²) in [5, 5.41) is 16.1. The van der Waals surface area contributed by atoms with E-state index >= 15 is 0 Å². The summed E-state index contributed by atoms with van der Waals surface area (Å²) < 4.78 is 19.6. The number of hydrogen-bond acceptors (Lipinski definition) is 7. The van der Waals surface area contributed by atoms with Crippen molar-refractivity contribution in [2.24, 2.45) is 0 Å². The van der Waals surface area contributed by atoms with Crippen molar-refractivity contribution in [3.8, 4) is 11.6 Å². The van der Waals surface area contributed by atoms with E-state index in [1.807, 2.05) is 54.6 Å². The Morgan fingerprint density at radius 1 is 0.977 bits per heavy atom. The molecule has 3 heterocycles. The van der Waals surface area contributed by atoms with Crippen LogP contribution in [0.4, 0.5) is 10.1 Å². The van der Waals surface area contributed by atoms with Crippen LogP contribution in [0.15, 0.2) is 108 Å². The summed E-state index contributed by atoms with van der Waals surface area (Å²) in [5.74, 6) is -0.131. The third kappa shape index (κ3) is 6.15. The highest BCUT2D eigenvalue weighted by Gasteiger charge is 2.34. The van der Waals surface area contributed by atoms with Gasteiger partial charge in [-0.2, -0.15) is 4.80 Å². The minimum Gasteiger partial charge on any atom is -0.458 e. The van der Waals surface area contributed by atoms with E-state index in [4.69, 9.17) is 4.42 Å². The van der Waals surface area contributed by atoms with Crippen molar-refractivity contribution >= 4 is 28.4 Å². The van der Waals surface area contributed by atoms with Gasteiger partial charge in [-0.05, 0) is 59.7 Å². The fraction of sp³-hybridized carbons (Fsp3) is 0.125. The molecule has 0 aliphatic heterocycles. The Hall–Kier alpha value is -5.71. The van der Waals surface area contributed by atoms with Gasteiger partial charge in [-0.3, -0.25) is 19.5 Å². The van der Waals surface area contributed by atoms with Gasteiger partial charge in [0.05, 0.1) is 17.4 Å². The highest BCUT2D eigenvalue weighted by Crippen LogP contribution is 2.30. The van der Waals surface area contributed by atoms with Crippen LogP contribution in [0, 0.1) is 12.7 Å². The highest BCUT2D eigenvalue weighted by atomic mass is 19.1. The molecule has 6 rings (SSSR count). The summed E-state index contributed by atoms with van der Waals surface area (Å²) in [6, 6.07) is 26.4. The van der Waals surface area contributed by atoms with E-state index in [0.29, 0.717) is 22.8 Å². The fourth-order valence-corrected chi connectivity index (χ4v) is 4.73. The first-order chi connectivity index (χ1) is 20.9. The number of rotatable bonds is 9. The number of halogens is 1. The van der Waals surface area contributed by atoms with Crippen molar-refractivity contribution in [2.75, 3.05) is 4.90 Å². The van der Waals surface area contributed by atoms with Gasteiger partial charge in [0.1, 0.15) is 24.2 Å². The quantitative estimate of drug-likeness (QED) is 0.257. The maximum atomic E-state index is 14.2. The molecule has 0 spiro atoms. The first-order valence-electron chi connectivity index (χ1n) is 13.5. The van der Waals surface area contributed by atoms with Gasteiger partial charge in [0.2, 0.25) is 11.7 Å². The number of pyridine rings is 1. The summed E-state index contributed by atoms with van der Waals surface area (Å²) in [7, 11) is 0. The topological polar surface area (TPSA) is 119 Å². The molecule has 10 nitrogen and oxygen atoms in total. The molecule has 0 aliphatic carbocycles. The van der Waals surface area contributed by atoms with E-state index < -0.39 is 23.7 Å². The Bertz CT molecular complexity index is 1890. The summed E-state index contributed by atoms with van der Waals surface area (Å²) >= 11 is 0. The number of furan rings is 1. The number of anilines is 1. The summed E-state index contributed by atoms with van der Waals surface area (Å²) in [6.07, 6.45) is 1.53. The molecule has 0 bridgehead atoms. The average molecular weight is 576 g/mol. The standard InChI is InChI=1S/C32H26FN7O3/c1-21-11-16-28(43-21)31-36-38-39(37-31)20-29(41)40(26-17-24-9-5-6-10-27(24)34-19-26)30(23-12-14-25(33)15-13-23)32(42)35-18-22-7-3-2-4-8-22/h2-17,19,30H,18,20H2,1H3,(H,35,42). The molecule has 3 aromatic heterocycles. The normalized spacial score (nSPS) is 11.8. The minimum absolute atomic E-state index is 0.218. The molecule has 1 unspecified atom stereocenters. The number of benzene rings is 3. The van der Waals surface area contributed by atoms with Gasteiger partial charge in [0, 0.05) is 11.9 Å². The van der Waals surface area contributed by atoms with Crippen LogP contribution in [0.1, 0.15) is 22.9 Å². The number of para-hydroxylation sites is 1. The van der Waals surface area contributed by atoms with Gasteiger partial charge in [0.25, 0.3) is 5.91 Å². The number of tetrazole rings is 1. The van der Waals surface area contributed by atoms with Gasteiger partial charge in [-0.1, -0.05) is 60.7 Å². The molecule has 0 fully saturated rings. The Kier molecular flexibility index (Phi) is 7.68. The van der Waals surface area contributed by atoms with E-state index in [0.717, 1.165) is 21.3 Å². The molecular formula is C32H26FN7O3. The third-order valence-electron chi connectivity index (χ3n) is 6.82. The molecule has 1 atom stereocenters. The second-order valence-corrected chi connectivity index (χ2v) is 9.86. The zero-order chi connectivity index (χ0) is 29.8. The van der Waals surface area contributed by atoms with Crippen LogP contribution in [-0.2, 0) is 22.7 Å². The lowest BCUT2D eigenvalue weighted by Gasteiger charge is -2.31. The van der Waals surface area contributed by atoms with Crippen molar-refractivity contribution in [1.82, 2.24) is 30.5 Å². The number of amides is 2. The van der Waals surface area contributed by atoms with Crippen molar-refractivity contribution in [2.45, 2.75) is 26.1 Å². The molecular weight excluding hydrogens is 549 g/mol. The number of fused-ring (bicyclic) bond motifs is 1. The number of nitrogens with one attached hydrogen (secondary N) is 1. The lowest BCUT2D eigenvalue weighted by Crippen LogP contribution is -2.45. The van der Waals surface area contributed by atoms with E-state index in [-0.39, 0.29) is 18.9 Å². The molecule has 2 amide bonds. The molecule has 11 heteroatoms. The molecule has 0 radical (unpaired) electrons. The predicted molar refractivity (Wildman–Crippen MR) is 157 cm³/mol. The lowest BCUT2D eigenvalue weighted by molar-refractivity contribution is -0.127. The zero-order valence-electron chi connectivity index (χ0n) is 23.1. The Morgan fingerprint density at radius 3 is 2.51 bits per heavy atom. The second kappa shape index (κ2) is 12.0. The van der Waals surface area contributed by atoms with Crippen molar-refractivity contribution < 1.29 is 18.4 Å². The van der Waals surface area contributed by atoms with Gasteiger partial charge < -0.3 is 9.73 Å². The van der Waals surface area contributed by atoms with Crippen LogP contribution in [0.3, 0.4) is 0 Å². The Morgan fingerprint density at radius 2 is 1.74 bits per heavy atom. The number of aromatic nitrogens is 5. The molecule has 0 saturated carbocycles. The summed E-state index contributed by atoms with van der Waals surface area (Å²) in [4.78, 5) is 35.1. The highest BCUT2D eigenvalue weighted by molar-refractivity contribution is 6.02. The van der Waals surface area contributed by atoms with Gasteiger partial charge in [0.15, 0.2) is 5.76 Å². The maximum Gasteiger partial charge on any atom is 0.251 e. The van der Waals surface area contributed by atoms with Gasteiger partial charge in [-0.25, -0.2) is 4.39 Å². The summed E-state index contributed by atoms with van der Waals surface area (Å²) in [5.41, 5.74) is 2.38. The van der Waals surface area contributed by atoms with Crippen LogP contribution < -0.4 is 10.2 Å². The number of aryl methyl sites for hydroxylation is 1. The monoisotopic (exact) mass is 575 g/mol. The van der Waals surface area contributed by atoms with Gasteiger partial charge >= 0.3 is 0 Å². The molecule has 1 N–H and O–H groups in total.